The highest BCUT2D eigenvalue weighted by Crippen LogP contribution is 2.25. The van der Waals surface area contributed by atoms with Crippen LogP contribution in [0.5, 0.6) is 0 Å². The monoisotopic (exact) mass is 278 g/mol. The van der Waals surface area contributed by atoms with E-state index in [0.29, 0.717) is 29.7 Å². The van der Waals surface area contributed by atoms with E-state index < -0.39 is 12.5 Å². The second-order valence-corrected chi connectivity index (χ2v) is 5.04. The number of halogens is 2. The van der Waals surface area contributed by atoms with E-state index in [1.54, 1.807) is 25.1 Å². The summed E-state index contributed by atoms with van der Waals surface area (Å²) in [6.07, 6.45) is -0.688. The molecule has 1 heterocycles. The lowest BCUT2D eigenvalue weighted by atomic mass is 9.99. The highest BCUT2D eigenvalue weighted by molar-refractivity contribution is 5.96. The Morgan fingerprint density at radius 3 is 2.80 bits per heavy atom. The number of hydrogen-bond acceptors (Lipinski definition) is 2. The number of alkyl halides is 2. The number of hydrogen-bond donors (Lipinski definition) is 0. The molecule has 0 N–H and O–H groups in total. The van der Waals surface area contributed by atoms with Crippen LogP contribution in [0.4, 0.5) is 8.78 Å². The number of nitrogens with zero attached hydrogens (tertiary/aromatic N) is 2. The van der Waals surface area contributed by atoms with Crippen LogP contribution in [0.3, 0.4) is 0 Å². The molecule has 2 rings (SSSR count). The zero-order valence-electron chi connectivity index (χ0n) is 11.3. The summed E-state index contributed by atoms with van der Waals surface area (Å²) in [6.45, 7) is 2.09. The second kappa shape index (κ2) is 6.00. The maximum atomic E-state index is 13.0. The molecule has 0 bridgehead atoms. The molecular formula is C15H16F2N2O. The maximum Gasteiger partial charge on any atom is 0.258 e. The fraction of sp³-hybridized carbons (Fsp3) is 0.467. The van der Waals surface area contributed by atoms with Gasteiger partial charge in [0.25, 0.3) is 12.3 Å². The second-order valence-electron chi connectivity index (χ2n) is 5.04. The third-order valence-electron chi connectivity index (χ3n) is 3.69. The molecule has 5 heteroatoms. The molecule has 1 aromatic rings. The number of aryl methyl sites for hydroxylation is 1. The van der Waals surface area contributed by atoms with Crippen molar-refractivity contribution in [2.75, 3.05) is 6.54 Å². The molecule has 1 saturated heterocycles. The molecule has 1 fully saturated rings. The van der Waals surface area contributed by atoms with Gasteiger partial charge in [-0.15, -0.1) is 0 Å². The molecule has 0 saturated carbocycles. The van der Waals surface area contributed by atoms with Gasteiger partial charge < -0.3 is 4.90 Å². The topological polar surface area (TPSA) is 44.1 Å². The van der Waals surface area contributed by atoms with Crippen molar-refractivity contribution in [1.82, 2.24) is 4.90 Å². The van der Waals surface area contributed by atoms with Crippen LogP contribution < -0.4 is 0 Å². The lowest BCUT2D eigenvalue weighted by Crippen LogP contribution is -2.47. The predicted octanol–water partition coefficient (Wildman–Crippen LogP) is 3.13. The molecule has 1 aliphatic rings. The Hall–Kier alpha value is -1.96. The average Bonchev–Trinajstić information content (AvgIpc) is 2.46. The van der Waals surface area contributed by atoms with Gasteiger partial charge in [-0.25, -0.2) is 8.78 Å². The van der Waals surface area contributed by atoms with Crippen molar-refractivity contribution >= 4 is 5.91 Å². The first-order chi connectivity index (χ1) is 9.54. The number of nitriles is 1. The third-order valence-corrected chi connectivity index (χ3v) is 3.69. The quantitative estimate of drug-likeness (QED) is 0.834. The first-order valence-electron chi connectivity index (χ1n) is 6.64. The molecule has 0 radical (unpaired) electrons. The molecule has 1 aliphatic heterocycles. The van der Waals surface area contributed by atoms with Gasteiger partial charge in [0.15, 0.2) is 0 Å². The summed E-state index contributed by atoms with van der Waals surface area (Å²) in [5.74, 6) is -0.364. The minimum atomic E-state index is -2.52. The molecule has 106 valence electrons. The number of rotatable bonds is 2. The number of amides is 1. The number of carbonyl (C=O) groups is 1. The summed E-state index contributed by atoms with van der Waals surface area (Å²) in [5.41, 5.74) is 1.51. The summed E-state index contributed by atoms with van der Waals surface area (Å²) in [4.78, 5) is 13.7. The predicted molar refractivity (Wildman–Crippen MR) is 70.6 cm³/mol. The van der Waals surface area contributed by atoms with E-state index in [4.69, 9.17) is 5.26 Å². The van der Waals surface area contributed by atoms with Crippen LogP contribution in [0, 0.1) is 18.3 Å². The van der Waals surface area contributed by atoms with Crippen LogP contribution in [0.15, 0.2) is 18.2 Å². The van der Waals surface area contributed by atoms with Crippen LogP contribution in [0.1, 0.15) is 40.7 Å². The zero-order chi connectivity index (χ0) is 14.7. The first kappa shape index (κ1) is 14.4. The molecule has 0 aromatic heterocycles. The summed E-state index contributed by atoms with van der Waals surface area (Å²) >= 11 is 0. The standard InChI is InChI=1S/C15H16F2N2O/c1-10-8-11(9-18)5-6-12(10)15(20)19-7-3-2-4-13(19)14(16)17/h5-6,8,13-14H,2-4,7H2,1H3/t13-/m0/s1. The van der Waals surface area contributed by atoms with Crippen LogP contribution in [0.25, 0.3) is 0 Å². The Kier molecular flexibility index (Phi) is 4.33. The fourth-order valence-corrected chi connectivity index (χ4v) is 2.60. The Bertz CT molecular complexity index is 551. The summed E-state index contributed by atoms with van der Waals surface area (Å²) < 4.78 is 26.1. The number of carbonyl (C=O) groups excluding carboxylic acids is 1. The average molecular weight is 278 g/mol. The first-order valence-corrected chi connectivity index (χ1v) is 6.64. The summed E-state index contributed by atoms with van der Waals surface area (Å²) in [7, 11) is 0. The van der Waals surface area contributed by atoms with E-state index in [2.05, 4.69) is 0 Å². The van der Waals surface area contributed by atoms with Gasteiger partial charge in [0.2, 0.25) is 0 Å². The molecule has 0 spiro atoms. The Morgan fingerprint density at radius 2 is 2.20 bits per heavy atom. The van der Waals surface area contributed by atoms with E-state index in [-0.39, 0.29) is 5.91 Å². The molecule has 0 aliphatic carbocycles. The highest BCUT2D eigenvalue weighted by Gasteiger charge is 2.34. The van der Waals surface area contributed by atoms with Crippen molar-refractivity contribution in [3.63, 3.8) is 0 Å². The SMILES string of the molecule is Cc1cc(C#N)ccc1C(=O)N1CCCC[C@H]1C(F)F. The van der Waals surface area contributed by atoms with Crippen molar-refractivity contribution in [3.8, 4) is 6.07 Å². The van der Waals surface area contributed by atoms with Crippen LogP contribution in [-0.4, -0.2) is 29.8 Å². The van der Waals surface area contributed by atoms with Crippen LogP contribution >= 0.6 is 0 Å². The van der Waals surface area contributed by atoms with E-state index in [0.717, 1.165) is 12.8 Å². The van der Waals surface area contributed by atoms with Crippen molar-refractivity contribution in [1.29, 1.82) is 5.26 Å². The van der Waals surface area contributed by atoms with Gasteiger partial charge in [0, 0.05) is 12.1 Å². The molecule has 1 amide bonds. The van der Waals surface area contributed by atoms with Gasteiger partial charge in [-0.05, 0) is 49.9 Å². The Labute approximate surface area is 116 Å². The normalized spacial score (nSPS) is 18.9. The molecule has 1 atom stereocenters. The van der Waals surface area contributed by atoms with E-state index in [1.165, 1.54) is 4.90 Å². The van der Waals surface area contributed by atoms with Crippen LogP contribution in [0.2, 0.25) is 0 Å². The minimum Gasteiger partial charge on any atom is -0.330 e. The van der Waals surface area contributed by atoms with E-state index in [1.807, 2.05) is 6.07 Å². The Balaban J connectivity index is 2.28. The zero-order valence-corrected chi connectivity index (χ0v) is 11.3. The molecular weight excluding hydrogens is 262 g/mol. The van der Waals surface area contributed by atoms with Crippen molar-refractivity contribution in [2.24, 2.45) is 0 Å². The number of piperidine rings is 1. The number of likely N-dealkylation sites (tertiary alicyclic amines) is 1. The third kappa shape index (κ3) is 2.79. The molecule has 0 unspecified atom stereocenters. The maximum absolute atomic E-state index is 13.0. The van der Waals surface area contributed by atoms with Gasteiger partial charge in [-0.3, -0.25) is 4.79 Å². The van der Waals surface area contributed by atoms with Gasteiger partial charge in [0.1, 0.15) is 0 Å². The molecule has 3 nitrogen and oxygen atoms in total. The highest BCUT2D eigenvalue weighted by atomic mass is 19.3. The largest absolute Gasteiger partial charge is 0.330 e. The van der Waals surface area contributed by atoms with Crippen molar-refractivity contribution < 1.29 is 13.6 Å². The lowest BCUT2D eigenvalue weighted by molar-refractivity contribution is 0.00680. The number of benzene rings is 1. The van der Waals surface area contributed by atoms with Crippen LogP contribution in [-0.2, 0) is 0 Å². The van der Waals surface area contributed by atoms with Crippen molar-refractivity contribution in [3.05, 3.63) is 34.9 Å². The van der Waals surface area contributed by atoms with E-state index >= 15 is 0 Å². The molecule has 20 heavy (non-hydrogen) atoms. The molecule has 1 aromatic carbocycles. The van der Waals surface area contributed by atoms with Gasteiger partial charge in [-0.2, -0.15) is 5.26 Å². The summed E-state index contributed by atoms with van der Waals surface area (Å²) in [6, 6.07) is 5.70. The van der Waals surface area contributed by atoms with Gasteiger partial charge >= 0.3 is 0 Å². The smallest absolute Gasteiger partial charge is 0.258 e. The lowest BCUT2D eigenvalue weighted by Gasteiger charge is -2.35. The van der Waals surface area contributed by atoms with Crippen molar-refractivity contribution in [2.45, 2.75) is 38.7 Å². The minimum absolute atomic E-state index is 0.346. The summed E-state index contributed by atoms with van der Waals surface area (Å²) in [5, 5.41) is 8.81. The Morgan fingerprint density at radius 1 is 1.45 bits per heavy atom. The van der Waals surface area contributed by atoms with Gasteiger partial charge in [0.05, 0.1) is 17.7 Å². The fourth-order valence-electron chi connectivity index (χ4n) is 2.60. The van der Waals surface area contributed by atoms with Gasteiger partial charge in [-0.1, -0.05) is 0 Å². The van der Waals surface area contributed by atoms with E-state index in [9.17, 15) is 13.6 Å².